The second-order valence-electron chi connectivity index (χ2n) is 8.46. The maximum atomic E-state index is 12.0. The van der Waals surface area contributed by atoms with E-state index in [1.54, 1.807) is 19.0 Å². The van der Waals surface area contributed by atoms with Crippen LogP contribution in [-0.2, 0) is 19.0 Å². The number of piperidine rings is 1. The number of amides is 1. The van der Waals surface area contributed by atoms with Crippen LogP contribution < -0.4 is 5.32 Å². The zero-order valence-electron chi connectivity index (χ0n) is 19.1. The Balaban J connectivity index is 0.00000341. The summed E-state index contributed by atoms with van der Waals surface area (Å²) in [4.78, 5) is 22.9. The van der Waals surface area contributed by atoms with E-state index in [0.717, 1.165) is 90.7 Å². The van der Waals surface area contributed by atoms with E-state index in [0.29, 0.717) is 6.61 Å². The van der Waals surface area contributed by atoms with Crippen LogP contribution in [0.2, 0.25) is 0 Å². The molecule has 3 fully saturated rings. The Kier molecular flexibility index (Phi) is 12.4. The van der Waals surface area contributed by atoms with Gasteiger partial charge in [-0.15, -0.1) is 24.0 Å². The lowest BCUT2D eigenvalue weighted by Gasteiger charge is -2.35. The van der Waals surface area contributed by atoms with Gasteiger partial charge in [-0.05, 0) is 25.7 Å². The topological polar surface area (TPSA) is 78.9 Å². The van der Waals surface area contributed by atoms with Gasteiger partial charge in [-0.2, -0.15) is 0 Å². The van der Waals surface area contributed by atoms with Gasteiger partial charge >= 0.3 is 0 Å². The van der Waals surface area contributed by atoms with Gasteiger partial charge in [0.15, 0.2) is 5.96 Å². The molecule has 0 bridgehead atoms. The van der Waals surface area contributed by atoms with E-state index in [1.807, 2.05) is 0 Å². The molecule has 3 heterocycles. The maximum absolute atomic E-state index is 12.0. The molecular formula is C21H40IN5O4. The van der Waals surface area contributed by atoms with Gasteiger partial charge in [0.05, 0.1) is 32.0 Å². The number of carbonyl (C=O) groups excluding carboxylic acids is 1. The van der Waals surface area contributed by atoms with Crippen LogP contribution in [0.15, 0.2) is 4.99 Å². The highest BCUT2D eigenvalue weighted by atomic mass is 127. The number of nitrogens with one attached hydrogen (secondary N) is 1. The third-order valence-electron chi connectivity index (χ3n) is 5.96. The molecule has 0 radical (unpaired) electrons. The van der Waals surface area contributed by atoms with Gasteiger partial charge < -0.3 is 29.3 Å². The lowest BCUT2D eigenvalue weighted by atomic mass is 10.1. The normalized spacial score (nSPS) is 23.5. The number of aliphatic imine (C=N–C) groups is 1. The summed E-state index contributed by atoms with van der Waals surface area (Å²) in [5, 5.41) is 3.48. The molecule has 31 heavy (non-hydrogen) atoms. The molecular weight excluding hydrogens is 513 g/mol. The molecule has 0 spiro atoms. The molecule has 3 aliphatic heterocycles. The molecule has 1 N–H and O–H groups in total. The lowest BCUT2D eigenvalue weighted by Crippen LogP contribution is -2.49. The summed E-state index contributed by atoms with van der Waals surface area (Å²) in [5.41, 5.74) is 0. The number of likely N-dealkylation sites (N-methyl/N-ethyl adjacent to an activating group) is 1. The first-order chi connectivity index (χ1) is 14.6. The number of hydrogen-bond donors (Lipinski definition) is 1. The maximum Gasteiger partial charge on any atom is 0.243 e. The van der Waals surface area contributed by atoms with Gasteiger partial charge in [0.25, 0.3) is 0 Å². The van der Waals surface area contributed by atoms with Gasteiger partial charge in [0, 0.05) is 60.0 Å². The number of halogens is 1. The van der Waals surface area contributed by atoms with Crippen molar-refractivity contribution in [1.29, 1.82) is 0 Å². The number of carbonyl (C=O) groups is 1. The SMILES string of the molecule is CN(C)C(=O)CN=C(NCCN1CCOCC1)N1CCC(OCC2CCCO2)CC1.I. The Bertz CT molecular complexity index is 546. The van der Waals surface area contributed by atoms with Crippen molar-refractivity contribution in [2.45, 2.75) is 37.9 Å². The predicted molar refractivity (Wildman–Crippen MR) is 131 cm³/mol. The minimum atomic E-state index is 0. The van der Waals surface area contributed by atoms with Crippen molar-refractivity contribution < 1.29 is 19.0 Å². The summed E-state index contributed by atoms with van der Waals surface area (Å²) in [5.74, 6) is 0.841. The van der Waals surface area contributed by atoms with Gasteiger partial charge in [-0.25, -0.2) is 4.99 Å². The molecule has 0 aromatic heterocycles. The number of nitrogens with zero attached hydrogens (tertiary/aromatic N) is 4. The van der Waals surface area contributed by atoms with Gasteiger partial charge in [0.2, 0.25) is 5.91 Å². The highest BCUT2D eigenvalue weighted by Crippen LogP contribution is 2.17. The Morgan fingerprint density at radius 3 is 2.52 bits per heavy atom. The predicted octanol–water partition coefficient (Wildman–Crippen LogP) is 0.630. The second-order valence-corrected chi connectivity index (χ2v) is 8.46. The minimum absolute atomic E-state index is 0. The summed E-state index contributed by atoms with van der Waals surface area (Å²) in [6, 6.07) is 0. The first-order valence-electron chi connectivity index (χ1n) is 11.4. The summed E-state index contributed by atoms with van der Waals surface area (Å²) >= 11 is 0. The molecule has 0 aliphatic carbocycles. The second kappa shape index (κ2) is 14.5. The van der Waals surface area contributed by atoms with Crippen LogP contribution in [0.25, 0.3) is 0 Å². The van der Waals surface area contributed by atoms with Crippen molar-refractivity contribution in [3.05, 3.63) is 0 Å². The molecule has 1 unspecified atom stereocenters. The molecule has 3 rings (SSSR count). The standard InChI is InChI=1S/C21H39N5O4.HI/c1-24(2)20(27)16-23-21(22-7-10-25-11-14-28-15-12-25)26-8-5-18(6-9-26)30-17-19-4-3-13-29-19;/h18-19H,3-17H2,1-2H3,(H,22,23);1H. The average Bonchev–Trinajstić information content (AvgIpc) is 3.29. The van der Waals surface area contributed by atoms with Crippen LogP contribution in [0.1, 0.15) is 25.7 Å². The van der Waals surface area contributed by atoms with E-state index in [2.05, 4.69) is 20.1 Å². The smallest absolute Gasteiger partial charge is 0.243 e. The highest BCUT2D eigenvalue weighted by molar-refractivity contribution is 14.0. The third kappa shape index (κ3) is 9.37. The lowest BCUT2D eigenvalue weighted by molar-refractivity contribution is -0.127. The van der Waals surface area contributed by atoms with E-state index in [4.69, 9.17) is 14.2 Å². The molecule has 3 saturated heterocycles. The molecule has 0 aromatic carbocycles. The summed E-state index contributed by atoms with van der Waals surface area (Å²) in [6.45, 7) is 8.83. The van der Waals surface area contributed by atoms with E-state index >= 15 is 0 Å². The Hall–Kier alpha value is -0.690. The molecule has 0 saturated carbocycles. The van der Waals surface area contributed by atoms with Crippen LogP contribution in [0.3, 0.4) is 0 Å². The number of rotatable bonds is 8. The van der Waals surface area contributed by atoms with Crippen LogP contribution >= 0.6 is 24.0 Å². The number of guanidine groups is 1. The number of likely N-dealkylation sites (tertiary alicyclic amines) is 1. The van der Waals surface area contributed by atoms with Crippen molar-refractivity contribution in [2.24, 2.45) is 4.99 Å². The molecule has 3 aliphatic rings. The monoisotopic (exact) mass is 553 g/mol. The highest BCUT2D eigenvalue weighted by Gasteiger charge is 2.24. The quantitative estimate of drug-likeness (QED) is 0.269. The number of ether oxygens (including phenoxy) is 3. The molecule has 9 nitrogen and oxygen atoms in total. The molecule has 10 heteroatoms. The van der Waals surface area contributed by atoms with Crippen molar-refractivity contribution in [3.63, 3.8) is 0 Å². The fourth-order valence-corrected chi connectivity index (χ4v) is 3.96. The van der Waals surface area contributed by atoms with Crippen LogP contribution in [0.4, 0.5) is 0 Å². The number of morpholine rings is 1. The van der Waals surface area contributed by atoms with Crippen molar-refractivity contribution in [2.75, 3.05) is 86.3 Å². The average molecular weight is 553 g/mol. The van der Waals surface area contributed by atoms with E-state index in [9.17, 15) is 4.79 Å². The third-order valence-corrected chi connectivity index (χ3v) is 5.96. The summed E-state index contributed by atoms with van der Waals surface area (Å²) in [7, 11) is 3.53. The first-order valence-corrected chi connectivity index (χ1v) is 11.4. The van der Waals surface area contributed by atoms with Crippen LogP contribution in [0, 0.1) is 0 Å². The van der Waals surface area contributed by atoms with Gasteiger partial charge in [0.1, 0.15) is 6.54 Å². The molecule has 180 valence electrons. The first kappa shape index (κ1) is 26.6. The Morgan fingerprint density at radius 2 is 1.87 bits per heavy atom. The largest absolute Gasteiger partial charge is 0.379 e. The molecule has 0 aromatic rings. The zero-order valence-corrected chi connectivity index (χ0v) is 21.4. The minimum Gasteiger partial charge on any atom is -0.379 e. The Labute approximate surface area is 203 Å². The van der Waals surface area contributed by atoms with Crippen LogP contribution in [-0.4, -0.2) is 125 Å². The van der Waals surface area contributed by atoms with Crippen molar-refractivity contribution >= 4 is 35.8 Å². The summed E-state index contributed by atoms with van der Waals surface area (Å²) in [6.07, 6.45) is 4.76. The van der Waals surface area contributed by atoms with Gasteiger partial charge in [-0.1, -0.05) is 0 Å². The van der Waals surface area contributed by atoms with Crippen LogP contribution in [0.5, 0.6) is 0 Å². The zero-order chi connectivity index (χ0) is 21.2. The summed E-state index contributed by atoms with van der Waals surface area (Å²) < 4.78 is 17.2. The van der Waals surface area contributed by atoms with E-state index in [-0.39, 0.29) is 48.6 Å². The molecule has 1 atom stereocenters. The fraction of sp³-hybridized carbons (Fsp3) is 0.905. The van der Waals surface area contributed by atoms with Gasteiger partial charge in [-0.3, -0.25) is 9.69 Å². The van der Waals surface area contributed by atoms with E-state index < -0.39 is 0 Å². The Morgan fingerprint density at radius 1 is 1.13 bits per heavy atom. The van der Waals surface area contributed by atoms with Crippen molar-refractivity contribution in [3.8, 4) is 0 Å². The fourth-order valence-electron chi connectivity index (χ4n) is 3.96. The molecule has 1 amide bonds. The number of hydrogen-bond acceptors (Lipinski definition) is 6. The van der Waals surface area contributed by atoms with E-state index in [1.165, 1.54) is 0 Å². The van der Waals surface area contributed by atoms with Crippen molar-refractivity contribution in [1.82, 2.24) is 20.0 Å².